The van der Waals surface area contributed by atoms with Crippen molar-refractivity contribution in [3.05, 3.63) is 35.5 Å². The van der Waals surface area contributed by atoms with E-state index in [0.29, 0.717) is 42.8 Å². The first-order valence-corrected chi connectivity index (χ1v) is 17.3. The Morgan fingerprint density at radius 1 is 0.980 bits per heavy atom. The summed E-state index contributed by atoms with van der Waals surface area (Å²) in [4.78, 5) is 86.4. The Morgan fingerprint density at radius 2 is 1.70 bits per heavy atom. The van der Waals surface area contributed by atoms with E-state index in [-0.39, 0.29) is 68.9 Å². The molecule has 15 nitrogen and oxygen atoms in total. The number of carbonyl (C=O) groups is 6. The molecule has 2 saturated heterocycles. The highest BCUT2D eigenvalue weighted by atomic mass is 16.6. The zero-order chi connectivity index (χ0) is 35.9. The van der Waals surface area contributed by atoms with Crippen molar-refractivity contribution >= 4 is 46.6 Å². The third kappa shape index (κ3) is 8.98. The van der Waals surface area contributed by atoms with E-state index in [2.05, 4.69) is 15.6 Å². The van der Waals surface area contributed by atoms with Crippen molar-refractivity contribution in [2.75, 3.05) is 45.9 Å². The first-order valence-electron chi connectivity index (χ1n) is 17.3. The number of carboxylic acids is 1. The number of likely N-dealkylation sites (tertiary alicyclic amines) is 1. The maximum atomic E-state index is 13.7. The molecule has 15 heteroatoms. The van der Waals surface area contributed by atoms with Gasteiger partial charge in [-0.15, -0.1) is 0 Å². The Balaban J connectivity index is 1.32. The van der Waals surface area contributed by atoms with Crippen molar-refractivity contribution in [1.82, 2.24) is 30.3 Å². The summed E-state index contributed by atoms with van der Waals surface area (Å²) in [6.45, 7) is 7.29. The number of piperazine rings is 1. The van der Waals surface area contributed by atoms with Crippen molar-refractivity contribution in [2.24, 2.45) is 5.92 Å². The molecule has 2 aromatic rings. The van der Waals surface area contributed by atoms with E-state index < -0.39 is 42.1 Å². The van der Waals surface area contributed by atoms with Crippen molar-refractivity contribution in [3.8, 4) is 5.75 Å². The molecule has 3 atom stereocenters. The molecule has 1 aromatic heterocycles. The second-order valence-electron chi connectivity index (χ2n) is 13.1. The van der Waals surface area contributed by atoms with Crippen molar-refractivity contribution in [2.45, 2.75) is 77.5 Å². The topological polar surface area (TPSA) is 188 Å². The number of aliphatic carboxylic acids is 1. The number of ether oxygens (including phenoxy) is 2. The molecule has 270 valence electrons. The summed E-state index contributed by atoms with van der Waals surface area (Å²) >= 11 is 0. The first-order chi connectivity index (χ1) is 23.9. The average molecular weight is 695 g/mol. The summed E-state index contributed by atoms with van der Waals surface area (Å²) in [7, 11) is 0. The fourth-order valence-electron chi connectivity index (χ4n) is 6.28. The third-order valence-corrected chi connectivity index (χ3v) is 9.28. The SMILES string of the molecule is CCOC(=O)N1CCN(C(=O)[C@H](CCC(=O)O)NC(=O)c2cc(O[C@H](C)C(=O)N3CCC[C@H]3C(=O)NCC3CC3)c3ccc(C)cc3n2)CC1. The molecule has 0 spiro atoms. The monoisotopic (exact) mass is 694 g/mol. The van der Waals surface area contributed by atoms with Gasteiger partial charge < -0.3 is 39.9 Å². The van der Waals surface area contributed by atoms with Gasteiger partial charge in [0.15, 0.2) is 6.10 Å². The zero-order valence-electron chi connectivity index (χ0n) is 28.8. The van der Waals surface area contributed by atoms with E-state index in [1.54, 1.807) is 30.9 Å². The van der Waals surface area contributed by atoms with Gasteiger partial charge in [-0.2, -0.15) is 0 Å². The Hall–Kier alpha value is -4.95. The molecular weight excluding hydrogens is 648 g/mol. The van der Waals surface area contributed by atoms with Gasteiger partial charge in [-0.25, -0.2) is 9.78 Å². The van der Waals surface area contributed by atoms with E-state index in [1.165, 1.54) is 15.9 Å². The highest BCUT2D eigenvalue weighted by Gasteiger charge is 2.38. The molecule has 1 aromatic carbocycles. The van der Waals surface area contributed by atoms with E-state index in [1.807, 2.05) is 13.0 Å². The molecule has 3 fully saturated rings. The van der Waals surface area contributed by atoms with Gasteiger partial charge in [0.2, 0.25) is 11.8 Å². The number of pyridine rings is 1. The standard InChI is InChI=1S/C35H46N6O9/c1-4-49-35(48)40-16-14-39(15-17-40)34(47)25(11-12-30(42)43)38-31(44)27-19-29(24-10-7-21(2)18-26(24)37-27)50-22(3)33(46)41-13-5-6-28(41)32(45)36-20-23-8-9-23/h7,10,18-19,22-23,25,28H,4-6,8-9,11-17,20H2,1-3H3,(H,36,45)(H,38,44)(H,42,43)/t22-,25+,28+/m1/s1. The summed E-state index contributed by atoms with van der Waals surface area (Å²) < 4.78 is 11.2. The predicted molar refractivity (Wildman–Crippen MR) is 180 cm³/mol. The fraction of sp³-hybridized carbons (Fsp3) is 0.571. The fourth-order valence-corrected chi connectivity index (χ4v) is 6.28. The van der Waals surface area contributed by atoms with Gasteiger partial charge in [0.25, 0.3) is 11.8 Å². The number of hydrogen-bond donors (Lipinski definition) is 3. The first kappa shape index (κ1) is 36.3. The highest BCUT2D eigenvalue weighted by Crippen LogP contribution is 2.30. The largest absolute Gasteiger partial charge is 0.481 e. The van der Waals surface area contributed by atoms with Crippen LogP contribution in [-0.4, -0.2) is 125 Å². The quantitative estimate of drug-likeness (QED) is 0.280. The average Bonchev–Trinajstić information content (AvgIpc) is 3.80. The summed E-state index contributed by atoms with van der Waals surface area (Å²) in [5.74, 6) is -2.10. The molecule has 5 rings (SSSR count). The molecular formula is C35H46N6O9. The van der Waals surface area contributed by atoms with Crippen molar-refractivity contribution in [1.29, 1.82) is 0 Å². The molecule has 0 unspecified atom stereocenters. The molecule has 1 aliphatic carbocycles. The van der Waals surface area contributed by atoms with E-state index >= 15 is 0 Å². The Morgan fingerprint density at radius 3 is 2.38 bits per heavy atom. The minimum atomic E-state index is -1.18. The zero-order valence-corrected chi connectivity index (χ0v) is 28.8. The Kier molecular flexibility index (Phi) is 11.8. The third-order valence-electron chi connectivity index (χ3n) is 9.28. The molecule has 50 heavy (non-hydrogen) atoms. The van der Waals surface area contributed by atoms with E-state index in [4.69, 9.17) is 9.47 Å². The van der Waals surface area contributed by atoms with Crippen LogP contribution in [0.25, 0.3) is 10.9 Å². The molecule has 3 heterocycles. The van der Waals surface area contributed by atoms with Gasteiger partial charge in [-0.05, 0) is 76.5 Å². The number of carbonyl (C=O) groups excluding carboxylic acids is 5. The number of benzene rings is 1. The van der Waals surface area contributed by atoms with Crippen LogP contribution in [-0.2, 0) is 23.9 Å². The lowest BCUT2D eigenvalue weighted by molar-refractivity contribution is -0.143. The lowest BCUT2D eigenvalue weighted by Crippen LogP contribution is -2.56. The lowest BCUT2D eigenvalue weighted by Gasteiger charge is -2.35. The maximum absolute atomic E-state index is 13.7. The van der Waals surface area contributed by atoms with Crippen LogP contribution in [0.5, 0.6) is 5.75 Å². The molecule has 1 saturated carbocycles. The number of fused-ring (bicyclic) bond motifs is 1. The Bertz CT molecular complexity index is 1620. The van der Waals surface area contributed by atoms with Gasteiger partial charge in [0, 0.05) is 57.1 Å². The van der Waals surface area contributed by atoms with Crippen LogP contribution in [0.4, 0.5) is 4.79 Å². The number of aromatic nitrogens is 1. The molecule has 0 bridgehead atoms. The van der Waals surface area contributed by atoms with Gasteiger partial charge in [0.1, 0.15) is 23.5 Å². The van der Waals surface area contributed by atoms with Crippen LogP contribution in [0, 0.1) is 12.8 Å². The second kappa shape index (κ2) is 16.2. The number of carboxylic acid groups (broad SMARTS) is 1. The van der Waals surface area contributed by atoms with Gasteiger partial charge in [0.05, 0.1) is 12.1 Å². The van der Waals surface area contributed by atoms with Gasteiger partial charge in [-0.1, -0.05) is 6.07 Å². The predicted octanol–water partition coefficient (Wildman–Crippen LogP) is 2.09. The van der Waals surface area contributed by atoms with Gasteiger partial charge >= 0.3 is 12.1 Å². The summed E-state index contributed by atoms with van der Waals surface area (Å²) in [6.07, 6.45) is 1.48. The summed E-state index contributed by atoms with van der Waals surface area (Å²) in [6, 6.07) is 5.06. The molecule has 5 amide bonds. The minimum Gasteiger partial charge on any atom is -0.481 e. The summed E-state index contributed by atoms with van der Waals surface area (Å²) in [5.41, 5.74) is 1.21. The lowest BCUT2D eigenvalue weighted by atomic mass is 10.1. The van der Waals surface area contributed by atoms with Crippen molar-refractivity contribution < 1.29 is 43.3 Å². The molecule has 3 N–H and O–H groups in total. The van der Waals surface area contributed by atoms with E-state index in [9.17, 15) is 33.9 Å². The van der Waals surface area contributed by atoms with Crippen LogP contribution >= 0.6 is 0 Å². The smallest absolute Gasteiger partial charge is 0.409 e. The van der Waals surface area contributed by atoms with Crippen LogP contribution in [0.15, 0.2) is 24.3 Å². The number of amides is 5. The number of nitrogens with zero attached hydrogens (tertiary/aromatic N) is 4. The van der Waals surface area contributed by atoms with Crippen molar-refractivity contribution in [3.63, 3.8) is 0 Å². The minimum absolute atomic E-state index is 0.0866. The van der Waals surface area contributed by atoms with Crippen LogP contribution < -0.4 is 15.4 Å². The van der Waals surface area contributed by atoms with Gasteiger partial charge in [-0.3, -0.25) is 24.0 Å². The maximum Gasteiger partial charge on any atom is 0.409 e. The van der Waals surface area contributed by atoms with E-state index in [0.717, 1.165) is 18.4 Å². The number of rotatable bonds is 13. The van der Waals surface area contributed by atoms with Crippen LogP contribution in [0.2, 0.25) is 0 Å². The molecule has 0 radical (unpaired) electrons. The van der Waals surface area contributed by atoms with Crippen LogP contribution in [0.3, 0.4) is 0 Å². The Labute approximate surface area is 290 Å². The second-order valence-corrected chi connectivity index (χ2v) is 13.1. The number of hydrogen-bond acceptors (Lipinski definition) is 9. The molecule has 3 aliphatic rings. The number of nitrogens with one attached hydrogen (secondary N) is 2. The number of aryl methyl sites for hydroxylation is 1. The summed E-state index contributed by atoms with van der Waals surface area (Å²) in [5, 5.41) is 15.6. The normalized spacial score (nSPS) is 18.7. The van der Waals surface area contributed by atoms with Crippen LogP contribution in [0.1, 0.15) is 68.4 Å². The highest BCUT2D eigenvalue weighted by molar-refractivity contribution is 6.00. The molecule has 2 aliphatic heterocycles.